The average Bonchev–Trinajstić information content (AvgIpc) is 2.45. The van der Waals surface area contributed by atoms with E-state index in [9.17, 15) is 9.18 Å². The molecule has 0 unspecified atom stereocenters. The standard InChI is InChI=1S/C16H18FN3O/c1-16(2,3)20(4)15(21)14-18-9-12(10-19-14)11-6-5-7-13(17)8-11/h5-10H,1-4H3. The quantitative estimate of drug-likeness (QED) is 0.852. The molecule has 0 saturated carbocycles. The molecule has 1 aromatic carbocycles. The molecule has 0 aliphatic heterocycles. The van der Waals surface area contributed by atoms with E-state index in [1.54, 1.807) is 24.1 Å². The highest BCUT2D eigenvalue weighted by Gasteiger charge is 2.25. The predicted octanol–water partition coefficient (Wildman–Crippen LogP) is 3.15. The Bertz CT molecular complexity index is 647. The highest BCUT2D eigenvalue weighted by Crippen LogP contribution is 2.19. The van der Waals surface area contributed by atoms with E-state index in [4.69, 9.17) is 0 Å². The van der Waals surface area contributed by atoms with Crippen LogP contribution in [-0.4, -0.2) is 33.4 Å². The van der Waals surface area contributed by atoms with Crippen LogP contribution in [0.3, 0.4) is 0 Å². The molecule has 2 rings (SSSR count). The summed E-state index contributed by atoms with van der Waals surface area (Å²) in [6.45, 7) is 5.81. The largest absolute Gasteiger partial charge is 0.334 e. The molecule has 2 aromatic rings. The third-order valence-electron chi connectivity index (χ3n) is 3.31. The SMILES string of the molecule is CN(C(=O)c1ncc(-c2cccc(F)c2)cn1)C(C)(C)C. The highest BCUT2D eigenvalue weighted by atomic mass is 19.1. The van der Waals surface area contributed by atoms with Crippen LogP contribution in [0.2, 0.25) is 0 Å². The Morgan fingerprint density at radius 3 is 2.29 bits per heavy atom. The smallest absolute Gasteiger partial charge is 0.291 e. The van der Waals surface area contributed by atoms with Gasteiger partial charge in [0.25, 0.3) is 5.91 Å². The van der Waals surface area contributed by atoms with E-state index >= 15 is 0 Å². The van der Waals surface area contributed by atoms with Crippen molar-refractivity contribution >= 4 is 5.91 Å². The molecule has 0 aliphatic rings. The summed E-state index contributed by atoms with van der Waals surface area (Å²) in [5, 5.41) is 0. The van der Waals surface area contributed by atoms with E-state index in [1.807, 2.05) is 20.8 Å². The molecular formula is C16H18FN3O. The number of hydrogen-bond donors (Lipinski definition) is 0. The number of aromatic nitrogens is 2. The normalized spacial score (nSPS) is 11.3. The fourth-order valence-electron chi connectivity index (χ4n) is 1.71. The maximum Gasteiger partial charge on any atom is 0.291 e. The zero-order valence-electron chi connectivity index (χ0n) is 12.6. The summed E-state index contributed by atoms with van der Waals surface area (Å²) < 4.78 is 13.2. The van der Waals surface area contributed by atoms with E-state index in [0.29, 0.717) is 11.1 Å². The lowest BCUT2D eigenvalue weighted by Crippen LogP contribution is -2.43. The molecule has 0 fully saturated rings. The minimum atomic E-state index is -0.319. The number of benzene rings is 1. The number of rotatable bonds is 2. The van der Waals surface area contributed by atoms with Crippen molar-refractivity contribution in [3.63, 3.8) is 0 Å². The Kier molecular flexibility index (Phi) is 4.02. The van der Waals surface area contributed by atoms with Crippen LogP contribution in [0, 0.1) is 5.82 Å². The van der Waals surface area contributed by atoms with Crippen molar-refractivity contribution in [1.82, 2.24) is 14.9 Å². The fraction of sp³-hybridized carbons (Fsp3) is 0.312. The monoisotopic (exact) mass is 287 g/mol. The van der Waals surface area contributed by atoms with Gasteiger partial charge in [0, 0.05) is 30.5 Å². The van der Waals surface area contributed by atoms with Gasteiger partial charge >= 0.3 is 0 Å². The summed E-state index contributed by atoms with van der Waals surface area (Å²) in [4.78, 5) is 22.0. The Morgan fingerprint density at radius 2 is 1.76 bits per heavy atom. The van der Waals surface area contributed by atoms with E-state index < -0.39 is 0 Å². The first kappa shape index (κ1) is 15.1. The van der Waals surface area contributed by atoms with Gasteiger partial charge < -0.3 is 4.90 Å². The summed E-state index contributed by atoms with van der Waals surface area (Å²) in [6.07, 6.45) is 3.07. The number of hydrogen-bond acceptors (Lipinski definition) is 3. The van der Waals surface area contributed by atoms with E-state index in [2.05, 4.69) is 9.97 Å². The predicted molar refractivity (Wildman–Crippen MR) is 79.3 cm³/mol. The maximum atomic E-state index is 13.2. The molecule has 1 aromatic heterocycles. The average molecular weight is 287 g/mol. The van der Waals surface area contributed by atoms with Crippen LogP contribution >= 0.6 is 0 Å². The Morgan fingerprint density at radius 1 is 1.14 bits per heavy atom. The highest BCUT2D eigenvalue weighted by molar-refractivity contribution is 5.90. The number of carbonyl (C=O) groups is 1. The van der Waals surface area contributed by atoms with Gasteiger partial charge in [-0.2, -0.15) is 0 Å². The topological polar surface area (TPSA) is 46.1 Å². The molecule has 5 heteroatoms. The van der Waals surface area contributed by atoms with Gasteiger partial charge in [0.1, 0.15) is 5.82 Å². The zero-order valence-corrected chi connectivity index (χ0v) is 12.6. The maximum absolute atomic E-state index is 13.2. The van der Waals surface area contributed by atoms with Crippen LogP contribution in [0.15, 0.2) is 36.7 Å². The van der Waals surface area contributed by atoms with Gasteiger partial charge in [-0.05, 0) is 38.5 Å². The molecule has 110 valence electrons. The van der Waals surface area contributed by atoms with Crippen LogP contribution in [-0.2, 0) is 0 Å². The van der Waals surface area contributed by atoms with Crippen molar-refractivity contribution in [1.29, 1.82) is 0 Å². The number of nitrogens with zero attached hydrogens (tertiary/aromatic N) is 3. The number of carbonyl (C=O) groups excluding carboxylic acids is 1. The van der Waals surface area contributed by atoms with Gasteiger partial charge in [0.15, 0.2) is 0 Å². The third-order valence-corrected chi connectivity index (χ3v) is 3.31. The zero-order chi connectivity index (χ0) is 15.6. The van der Waals surface area contributed by atoms with Gasteiger partial charge in [-0.25, -0.2) is 14.4 Å². The summed E-state index contributed by atoms with van der Waals surface area (Å²) in [6, 6.07) is 6.17. The second-order valence-electron chi connectivity index (χ2n) is 5.84. The summed E-state index contributed by atoms with van der Waals surface area (Å²) >= 11 is 0. The lowest BCUT2D eigenvalue weighted by Gasteiger charge is -2.31. The Hall–Kier alpha value is -2.30. The van der Waals surface area contributed by atoms with Crippen molar-refractivity contribution < 1.29 is 9.18 Å². The molecule has 0 bridgehead atoms. The van der Waals surface area contributed by atoms with Crippen molar-refractivity contribution in [3.05, 3.63) is 48.3 Å². The van der Waals surface area contributed by atoms with E-state index in [0.717, 1.165) is 0 Å². The van der Waals surface area contributed by atoms with Gasteiger partial charge in [0.05, 0.1) is 0 Å². The molecule has 1 amide bonds. The second-order valence-corrected chi connectivity index (χ2v) is 5.84. The molecule has 4 nitrogen and oxygen atoms in total. The minimum absolute atomic E-state index is 0.132. The van der Waals surface area contributed by atoms with Crippen molar-refractivity contribution in [2.75, 3.05) is 7.05 Å². The summed E-state index contributed by atoms with van der Waals surface area (Å²) in [7, 11) is 1.71. The van der Waals surface area contributed by atoms with Gasteiger partial charge in [0.2, 0.25) is 5.82 Å². The molecular weight excluding hydrogens is 269 g/mol. The number of halogens is 1. The molecule has 0 radical (unpaired) electrons. The van der Waals surface area contributed by atoms with E-state index in [-0.39, 0.29) is 23.1 Å². The lowest BCUT2D eigenvalue weighted by atomic mass is 10.1. The molecule has 0 N–H and O–H groups in total. The van der Waals surface area contributed by atoms with Gasteiger partial charge in [-0.15, -0.1) is 0 Å². The summed E-state index contributed by atoms with van der Waals surface area (Å²) in [5.41, 5.74) is 1.05. The van der Waals surface area contributed by atoms with Crippen LogP contribution < -0.4 is 0 Å². The van der Waals surface area contributed by atoms with Crippen LogP contribution in [0.5, 0.6) is 0 Å². The van der Waals surface area contributed by atoms with E-state index in [1.165, 1.54) is 24.5 Å². The van der Waals surface area contributed by atoms with Crippen LogP contribution in [0.4, 0.5) is 4.39 Å². The van der Waals surface area contributed by atoms with Crippen molar-refractivity contribution in [3.8, 4) is 11.1 Å². The van der Waals surface area contributed by atoms with Gasteiger partial charge in [-0.3, -0.25) is 4.79 Å². The first-order valence-electron chi connectivity index (χ1n) is 6.65. The lowest BCUT2D eigenvalue weighted by molar-refractivity contribution is 0.0643. The first-order chi connectivity index (χ1) is 9.79. The third kappa shape index (κ3) is 3.42. The number of amides is 1. The van der Waals surface area contributed by atoms with Crippen molar-refractivity contribution in [2.45, 2.75) is 26.3 Å². The van der Waals surface area contributed by atoms with Crippen LogP contribution in [0.1, 0.15) is 31.4 Å². The fourth-order valence-corrected chi connectivity index (χ4v) is 1.71. The summed E-state index contributed by atoms with van der Waals surface area (Å²) in [5.74, 6) is -0.430. The van der Waals surface area contributed by atoms with Crippen LogP contribution in [0.25, 0.3) is 11.1 Å². The van der Waals surface area contributed by atoms with Gasteiger partial charge in [-0.1, -0.05) is 12.1 Å². The van der Waals surface area contributed by atoms with Crippen molar-refractivity contribution in [2.24, 2.45) is 0 Å². The Labute approximate surface area is 123 Å². The molecule has 21 heavy (non-hydrogen) atoms. The minimum Gasteiger partial charge on any atom is -0.334 e. The first-order valence-corrected chi connectivity index (χ1v) is 6.65. The molecule has 0 aliphatic carbocycles. The molecule has 1 heterocycles. The second kappa shape index (κ2) is 5.60. The molecule has 0 saturated heterocycles. The molecule has 0 spiro atoms. The molecule has 0 atom stereocenters. The Balaban J connectivity index is 2.25.